The zero-order chi connectivity index (χ0) is 15.4. The third kappa shape index (κ3) is 3.80. The molecular weight excluding hydrogens is 298 g/mol. The fraction of sp³-hybridized carbons (Fsp3) is 0.625. The van der Waals surface area contributed by atoms with Crippen molar-refractivity contribution in [1.29, 1.82) is 0 Å². The van der Waals surface area contributed by atoms with Gasteiger partial charge in [-0.2, -0.15) is 11.3 Å². The molecule has 2 heterocycles. The van der Waals surface area contributed by atoms with Gasteiger partial charge in [0.15, 0.2) is 0 Å². The Hall–Kier alpha value is -1.56. The Bertz CT molecular complexity index is 511. The van der Waals surface area contributed by atoms with E-state index in [2.05, 4.69) is 10.6 Å². The predicted octanol–water partition coefficient (Wildman–Crippen LogP) is 3.05. The number of piperidine rings is 1. The number of likely N-dealkylation sites (tertiary alicyclic amines) is 1. The molecule has 3 amide bonds. The lowest BCUT2D eigenvalue weighted by Gasteiger charge is -2.32. The Morgan fingerprint density at radius 3 is 2.73 bits per heavy atom. The van der Waals surface area contributed by atoms with E-state index >= 15 is 0 Å². The molecule has 2 N–H and O–H groups in total. The van der Waals surface area contributed by atoms with Crippen molar-refractivity contribution >= 4 is 29.0 Å². The molecule has 6 heteroatoms. The van der Waals surface area contributed by atoms with Crippen molar-refractivity contribution < 1.29 is 9.59 Å². The molecule has 0 radical (unpaired) electrons. The number of carbonyl (C=O) groups excluding carboxylic acids is 2. The van der Waals surface area contributed by atoms with E-state index < -0.39 is 0 Å². The zero-order valence-electron chi connectivity index (χ0n) is 12.7. The van der Waals surface area contributed by atoms with E-state index in [9.17, 15) is 9.59 Å². The second-order valence-electron chi connectivity index (χ2n) is 6.22. The molecular formula is C16H23N3O2S. The van der Waals surface area contributed by atoms with Gasteiger partial charge in [0.2, 0.25) is 5.91 Å². The number of thiophene rings is 1. The van der Waals surface area contributed by atoms with Crippen molar-refractivity contribution in [3.05, 3.63) is 16.8 Å². The summed E-state index contributed by atoms with van der Waals surface area (Å²) < 4.78 is 0. The Kier molecular flexibility index (Phi) is 4.97. The second kappa shape index (κ2) is 7.13. The summed E-state index contributed by atoms with van der Waals surface area (Å²) >= 11 is 1.56. The highest BCUT2D eigenvalue weighted by Gasteiger charge is 2.29. The van der Waals surface area contributed by atoms with Crippen molar-refractivity contribution in [2.75, 3.05) is 18.4 Å². The van der Waals surface area contributed by atoms with Gasteiger partial charge in [0, 0.05) is 24.5 Å². The van der Waals surface area contributed by atoms with Crippen LogP contribution in [0.5, 0.6) is 0 Å². The van der Waals surface area contributed by atoms with E-state index in [1.165, 1.54) is 12.8 Å². The number of rotatable bonds is 3. The summed E-state index contributed by atoms with van der Waals surface area (Å²) in [5.74, 6) is -0.0836. The van der Waals surface area contributed by atoms with Gasteiger partial charge in [0.25, 0.3) is 0 Å². The van der Waals surface area contributed by atoms with Crippen LogP contribution < -0.4 is 10.6 Å². The molecule has 1 aromatic heterocycles. The molecule has 5 nitrogen and oxygen atoms in total. The number of nitrogens with one attached hydrogen (secondary N) is 2. The van der Waals surface area contributed by atoms with Crippen LogP contribution in [0.2, 0.25) is 0 Å². The monoisotopic (exact) mass is 321 g/mol. The van der Waals surface area contributed by atoms with E-state index in [-0.39, 0.29) is 17.9 Å². The first-order chi connectivity index (χ1) is 10.7. The van der Waals surface area contributed by atoms with Crippen molar-refractivity contribution in [3.8, 4) is 0 Å². The maximum atomic E-state index is 12.3. The largest absolute Gasteiger partial charge is 0.335 e. The number of nitrogens with zero attached hydrogens (tertiary/aromatic N) is 1. The minimum atomic E-state index is -0.108. The van der Waals surface area contributed by atoms with E-state index in [0.717, 1.165) is 37.9 Å². The first-order valence-corrected chi connectivity index (χ1v) is 9.05. The molecule has 1 aliphatic carbocycles. The first-order valence-electron chi connectivity index (χ1n) is 8.11. The standard InChI is InChI=1S/C16H23N3O2S/c20-15(17-14-7-9-22-11-14)12-4-3-8-19(10-12)16(21)18-13-5-1-2-6-13/h7,9,11-13H,1-6,8,10H2,(H,17,20)(H,18,21). The first kappa shape index (κ1) is 15.3. The average molecular weight is 321 g/mol. The summed E-state index contributed by atoms with van der Waals surface area (Å²) in [6.45, 7) is 1.27. The van der Waals surface area contributed by atoms with Crippen LogP contribution in [0.3, 0.4) is 0 Å². The average Bonchev–Trinajstić information content (AvgIpc) is 3.21. The van der Waals surface area contributed by atoms with E-state index in [4.69, 9.17) is 0 Å². The molecule has 1 atom stereocenters. The normalized spacial score (nSPS) is 22.5. The van der Waals surface area contributed by atoms with Crippen LogP contribution in [0.25, 0.3) is 0 Å². The van der Waals surface area contributed by atoms with Gasteiger partial charge in [0.1, 0.15) is 0 Å². The van der Waals surface area contributed by atoms with Crippen molar-refractivity contribution in [2.45, 2.75) is 44.6 Å². The maximum absolute atomic E-state index is 12.3. The molecule has 120 valence electrons. The summed E-state index contributed by atoms with van der Waals surface area (Å²) in [6, 6.07) is 2.23. The molecule has 0 bridgehead atoms. The summed E-state index contributed by atoms with van der Waals surface area (Å²) in [6.07, 6.45) is 6.32. The van der Waals surface area contributed by atoms with Crippen LogP contribution in [-0.4, -0.2) is 36.0 Å². The summed E-state index contributed by atoms with van der Waals surface area (Å²) in [5, 5.41) is 9.91. The lowest BCUT2D eigenvalue weighted by molar-refractivity contribution is -0.121. The van der Waals surface area contributed by atoms with E-state index in [1.54, 1.807) is 16.2 Å². The smallest absolute Gasteiger partial charge is 0.317 e. The van der Waals surface area contributed by atoms with Gasteiger partial charge in [0.05, 0.1) is 11.6 Å². The third-order valence-electron chi connectivity index (χ3n) is 4.55. The molecule has 22 heavy (non-hydrogen) atoms. The Labute approximate surface area is 135 Å². The van der Waals surface area contributed by atoms with Gasteiger partial charge < -0.3 is 15.5 Å². The third-order valence-corrected chi connectivity index (χ3v) is 5.23. The highest BCUT2D eigenvalue weighted by atomic mass is 32.1. The molecule has 0 aromatic carbocycles. The highest BCUT2D eigenvalue weighted by Crippen LogP contribution is 2.21. The van der Waals surface area contributed by atoms with Crippen LogP contribution in [-0.2, 0) is 4.79 Å². The quantitative estimate of drug-likeness (QED) is 0.899. The van der Waals surface area contributed by atoms with Crippen LogP contribution in [0.4, 0.5) is 10.5 Å². The SMILES string of the molecule is O=C(Nc1ccsc1)C1CCCN(C(=O)NC2CCCC2)C1. The summed E-state index contributed by atoms with van der Waals surface area (Å²) in [7, 11) is 0. The molecule has 0 spiro atoms. The Morgan fingerprint density at radius 1 is 1.18 bits per heavy atom. The van der Waals surface area contributed by atoms with Gasteiger partial charge >= 0.3 is 6.03 Å². The Morgan fingerprint density at radius 2 is 2.00 bits per heavy atom. The molecule has 2 aliphatic rings. The predicted molar refractivity (Wildman–Crippen MR) is 88.0 cm³/mol. The lowest BCUT2D eigenvalue weighted by Crippen LogP contribution is -2.49. The molecule has 2 fully saturated rings. The number of hydrogen-bond acceptors (Lipinski definition) is 3. The number of carbonyl (C=O) groups is 2. The Balaban J connectivity index is 1.51. The molecule has 1 unspecified atom stereocenters. The summed E-state index contributed by atoms with van der Waals surface area (Å²) in [4.78, 5) is 26.4. The fourth-order valence-electron chi connectivity index (χ4n) is 3.29. The summed E-state index contributed by atoms with van der Waals surface area (Å²) in [5.41, 5.74) is 0.850. The highest BCUT2D eigenvalue weighted by molar-refractivity contribution is 7.08. The number of urea groups is 1. The molecule has 1 saturated carbocycles. The van der Waals surface area contributed by atoms with Gasteiger partial charge in [-0.15, -0.1) is 0 Å². The minimum absolute atomic E-state index is 0.0000617. The van der Waals surface area contributed by atoms with Crippen LogP contribution in [0.1, 0.15) is 38.5 Å². The molecule has 1 saturated heterocycles. The second-order valence-corrected chi connectivity index (χ2v) is 7.00. The maximum Gasteiger partial charge on any atom is 0.317 e. The zero-order valence-corrected chi connectivity index (χ0v) is 13.5. The fourth-order valence-corrected chi connectivity index (χ4v) is 3.88. The van der Waals surface area contributed by atoms with E-state index in [1.807, 2.05) is 16.8 Å². The number of amides is 3. The van der Waals surface area contributed by atoms with Crippen molar-refractivity contribution in [2.24, 2.45) is 5.92 Å². The van der Waals surface area contributed by atoms with Crippen molar-refractivity contribution in [3.63, 3.8) is 0 Å². The lowest BCUT2D eigenvalue weighted by atomic mass is 9.97. The van der Waals surface area contributed by atoms with Gasteiger partial charge in [-0.25, -0.2) is 4.79 Å². The van der Waals surface area contributed by atoms with Gasteiger partial charge in [-0.1, -0.05) is 12.8 Å². The molecule has 1 aliphatic heterocycles. The van der Waals surface area contributed by atoms with E-state index in [0.29, 0.717) is 12.6 Å². The van der Waals surface area contributed by atoms with Crippen LogP contribution in [0, 0.1) is 5.92 Å². The topological polar surface area (TPSA) is 61.4 Å². The molecule has 1 aromatic rings. The van der Waals surface area contributed by atoms with Crippen LogP contribution >= 0.6 is 11.3 Å². The molecule has 3 rings (SSSR count). The van der Waals surface area contributed by atoms with Crippen LogP contribution in [0.15, 0.2) is 16.8 Å². The minimum Gasteiger partial charge on any atom is -0.335 e. The van der Waals surface area contributed by atoms with Gasteiger partial charge in [-0.3, -0.25) is 4.79 Å². The number of anilines is 1. The van der Waals surface area contributed by atoms with Gasteiger partial charge in [-0.05, 0) is 37.1 Å². The van der Waals surface area contributed by atoms with Crippen molar-refractivity contribution in [1.82, 2.24) is 10.2 Å². The number of hydrogen-bond donors (Lipinski definition) is 2.